The zero-order valence-electron chi connectivity index (χ0n) is 15.1. The summed E-state index contributed by atoms with van der Waals surface area (Å²) in [6, 6.07) is 10.3. The van der Waals surface area contributed by atoms with E-state index < -0.39 is 12.1 Å². The quantitative estimate of drug-likeness (QED) is 0.591. The third kappa shape index (κ3) is 4.18. The van der Waals surface area contributed by atoms with Gasteiger partial charge in [0.1, 0.15) is 11.5 Å². The highest BCUT2D eigenvalue weighted by atomic mass is 16.5. The number of carbonyl (C=O) groups is 2. The molecule has 0 fully saturated rings. The van der Waals surface area contributed by atoms with Crippen molar-refractivity contribution >= 4 is 11.8 Å². The molecule has 0 amide bonds. The fourth-order valence-electron chi connectivity index (χ4n) is 2.44. The second-order valence-electron chi connectivity index (χ2n) is 5.78. The van der Waals surface area contributed by atoms with Crippen LogP contribution in [-0.2, 0) is 4.74 Å². The summed E-state index contributed by atoms with van der Waals surface area (Å²) in [7, 11) is 3.03. The summed E-state index contributed by atoms with van der Waals surface area (Å²) in [6.07, 6.45) is -0.895. The molecule has 25 heavy (non-hydrogen) atoms. The lowest BCUT2D eigenvalue weighted by Crippen LogP contribution is -2.24. The molecular formula is C20H22O5. The number of aryl methyl sites for hydroxylation is 1. The van der Waals surface area contributed by atoms with Gasteiger partial charge in [-0.3, -0.25) is 4.79 Å². The van der Waals surface area contributed by atoms with Crippen LogP contribution in [0.4, 0.5) is 0 Å². The van der Waals surface area contributed by atoms with Gasteiger partial charge in [-0.05, 0) is 32.9 Å². The highest BCUT2D eigenvalue weighted by Crippen LogP contribution is 2.30. The van der Waals surface area contributed by atoms with E-state index in [1.165, 1.54) is 14.2 Å². The van der Waals surface area contributed by atoms with E-state index in [4.69, 9.17) is 14.2 Å². The molecule has 0 unspecified atom stereocenters. The lowest BCUT2D eigenvalue weighted by atomic mass is 10.1. The predicted molar refractivity (Wildman–Crippen MR) is 94.7 cm³/mol. The van der Waals surface area contributed by atoms with E-state index in [1.807, 2.05) is 26.0 Å². The molecule has 2 rings (SSSR count). The van der Waals surface area contributed by atoms with Crippen LogP contribution in [-0.4, -0.2) is 32.1 Å². The van der Waals surface area contributed by atoms with Crippen molar-refractivity contribution in [2.24, 2.45) is 0 Å². The van der Waals surface area contributed by atoms with Gasteiger partial charge in [0.15, 0.2) is 6.10 Å². The monoisotopic (exact) mass is 342 g/mol. The molecule has 5 heteroatoms. The number of ether oxygens (including phenoxy) is 3. The summed E-state index contributed by atoms with van der Waals surface area (Å²) in [5.74, 6) is 0.177. The number of methoxy groups -OCH3 is 2. The first-order chi connectivity index (χ1) is 11.9. The smallest absolute Gasteiger partial charge is 0.339 e. The highest BCUT2D eigenvalue weighted by molar-refractivity contribution is 6.01. The Labute approximate surface area is 147 Å². The molecule has 1 atom stereocenters. The Hall–Kier alpha value is -2.82. The minimum atomic E-state index is -0.895. The Kier molecular flexibility index (Phi) is 5.80. The largest absolute Gasteiger partial charge is 0.496 e. The Morgan fingerprint density at radius 2 is 1.40 bits per heavy atom. The minimum Gasteiger partial charge on any atom is -0.496 e. The third-order valence-electron chi connectivity index (χ3n) is 3.98. The van der Waals surface area contributed by atoms with Crippen LogP contribution in [0.1, 0.15) is 38.8 Å². The van der Waals surface area contributed by atoms with Crippen molar-refractivity contribution in [3.05, 3.63) is 58.7 Å². The van der Waals surface area contributed by atoms with E-state index in [0.29, 0.717) is 17.1 Å². The predicted octanol–water partition coefficient (Wildman–Crippen LogP) is 3.75. The summed E-state index contributed by atoms with van der Waals surface area (Å²) in [5.41, 5.74) is 2.61. The maximum absolute atomic E-state index is 12.4. The van der Waals surface area contributed by atoms with Crippen LogP contribution < -0.4 is 9.47 Å². The molecule has 132 valence electrons. The molecule has 0 aliphatic carbocycles. The van der Waals surface area contributed by atoms with E-state index in [9.17, 15) is 9.59 Å². The van der Waals surface area contributed by atoms with Crippen LogP contribution >= 0.6 is 0 Å². The highest BCUT2D eigenvalue weighted by Gasteiger charge is 2.22. The van der Waals surface area contributed by atoms with E-state index >= 15 is 0 Å². The number of ketones is 1. The van der Waals surface area contributed by atoms with Crippen molar-refractivity contribution in [1.82, 2.24) is 0 Å². The average Bonchev–Trinajstić information content (AvgIpc) is 2.61. The SMILES string of the molecule is COc1cc(C(=O)O[C@H](C)C(=O)c2ccc(C)cc2)cc(OC)c1C. The second-order valence-corrected chi connectivity index (χ2v) is 5.78. The van der Waals surface area contributed by atoms with Gasteiger partial charge >= 0.3 is 5.97 Å². The fourth-order valence-corrected chi connectivity index (χ4v) is 2.44. The van der Waals surface area contributed by atoms with Gasteiger partial charge in [-0.25, -0.2) is 4.79 Å². The van der Waals surface area contributed by atoms with Crippen LogP contribution in [0.2, 0.25) is 0 Å². The average molecular weight is 342 g/mol. The summed E-state index contributed by atoms with van der Waals surface area (Å²) < 4.78 is 15.8. The zero-order chi connectivity index (χ0) is 18.6. The first-order valence-corrected chi connectivity index (χ1v) is 7.91. The van der Waals surface area contributed by atoms with Crippen molar-refractivity contribution in [3.8, 4) is 11.5 Å². The first kappa shape index (κ1) is 18.5. The van der Waals surface area contributed by atoms with Gasteiger partial charge in [0, 0.05) is 11.1 Å². The van der Waals surface area contributed by atoms with Gasteiger partial charge in [-0.1, -0.05) is 29.8 Å². The molecule has 0 aromatic heterocycles. The number of carbonyl (C=O) groups excluding carboxylic acids is 2. The van der Waals surface area contributed by atoms with E-state index in [2.05, 4.69) is 0 Å². The van der Waals surface area contributed by atoms with Gasteiger partial charge in [-0.15, -0.1) is 0 Å². The fraction of sp³-hybridized carbons (Fsp3) is 0.300. The first-order valence-electron chi connectivity index (χ1n) is 7.91. The maximum Gasteiger partial charge on any atom is 0.339 e. The van der Waals surface area contributed by atoms with Gasteiger partial charge in [0.2, 0.25) is 5.78 Å². The topological polar surface area (TPSA) is 61.8 Å². The van der Waals surface area contributed by atoms with Crippen molar-refractivity contribution in [1.29, 1.82) is 0 Å². The molecule has 0 saturated carbocycles. The molecule has 2 aromatic rings. The Balaban J connectivity index is 2.18. The standard InChI is InChI=1S/C20H22O5/c1-12-6-8-15(9-7-12)19(21)14(3)25-20(22)16-10-17(23-4)13(2)18(11-16)24-5/h6-11,14H,1-5H3/t14-/m1/s1. The van der Waals surface area contributed by atoms with Crippen molar-refractivity contribution in [2.45, 2.75) is 26.9 Å². The molecule has 0 saturated heterocycles. The number of rotatable bonds is 6. The molecule has 5 nitrogen and oxygen atoms in total. The molecule has 0 bridgehead atoms. The van der Waals surface area contributed by atoms with Crippen molar-refractivity contribution in [3.63, 3.8) is 0 Å². The maximum atomic E-state index is 12.4. The molecular weight excluding hydrogens is 320 g/mol. The number of esters is 1. The number of hydrogen-bond donors (Lipinski definition) is 0. The summed E-state index contributed by atoms with van der Waals surface area (Å²) in [5, 5.41) is 0. The van der Waals surface area contributed by atoms with Gasteiger partial charge in [0.05, 0.1) is 19.8 Å². The Morgan fingerprint density at radius 3 is 1.88 bits per heavy atom. The van der Waals surface area contributed by atoms with Crippen molar-refractivity contribution in [2.75, 3.05) is 14.2 Å². The van der Waals surface area contributed by atoms with E-state index in [-0.39, 0.29) is 11.3 Å². The van der Waals surface area contributed by atoms with Crippen LogP contribution in [0.3, 0.4) is 0 Å². The molecule has 2 aromatic carbocycles. The van der Waals surface area contributed by atoms with E-state index in [1.54, 1.807) is 31.2 Å². The molecule has 0 radical (unpaired) electrons. The van der Waals surface area contributed by atoms with Crippen LogP contribution in [0.15, 0.2) is 36.4 Å². The lowest BCUT2D eigenvalue weighted by Gasteiger charge is -2.15. The van der Waals surface area contributed by atoms with Crippen LogP contribution in [0.25, 0.3) is 0 Å². The number of Topliss-reactive ketones (excluding diaryl/α,β-unsaturated/α-hetero) is 1. The van der Waals surface area contributed by atoms with Gasteiger partial charge in [-0.2, -0.15) is 0 Å². The Morgan fingerprint density at radius 1 is 0.880 bits per heavy atom. The van der Waals surface area contributed by atoms with Gasteiger partial charge < -0.3 is 14.2 Å². The minimum absolute atomic E-state index is 0.251. The normalized spacial score (nSPS) is 11.6. The molecule has 0 aliphatic rings. The third-order valence-corrected chi connectivity index (χ3v) is 3.98. The van der Waals surface area contributed by atoms with Crippen LogP contribution in [0.5, 0.6) is 11.5 Å². The zero-order valence-corrected chi connectivity index (χ0v) is 15.1. The number of hydrogen-bond acceptors (Lipinski definition) is 5. The summed E-state index contributed by atoms with van der Waals surface area (Å²) in [4.78, 5) is 24.8. The van der Waals surface area contributed by atoms with Crippen LogP contribution in [0, 0.1) is 13.8 Å². The van der Waals surface area contributed by atoms with Gasteiger partial charge in [0.25, 0.3) is 0 Å². The molecule has 0 aliphatic heterocycles. The molecule has 0 spiro atoms. The summed E-state index contributed by atoms with van der Waals surface area (Å²) in [6.45, 7) is 5.33. The second kappa shape index (κ2) is 7.83. The van der Waals surface area contributed by atoms with E-state index in [0.717, 1.165) is 11.1 Å². The van der Waals surface area contributed by atoms with Crippen molar-refractivity contribution < 1.29 is 23.8 Å². The lowest BCUT2D eigenvalue weighted by molar-refractivity contribution is 0.0318. The molecule has 0 heterocycles. The summed E-state index contributed by atoms with van der Waals surface area (Å²) >= 11 is 0. The molecule has 0 N–H and O–H groups in total. The number of benzene rings is 2. The Bertz CT molecular complexity index is 752.